The van der Waals surface area contributed by atoms with Crippen LogP contribution in [0.5, 0.6) is 0 Å². The fraction of sp³-hybridized carbons (Fsp3) is 1.00. The van der Waals surface area contributed by atoms with Gasteiger partial charge in [-0.05, 0) is 61.0 Å². The Morgan fingerprint density at radius 1 is 0.812 bits per heavy atom. The molecule has 0 unspecified atom stereocenters. The number of ether oxygens (including phenoxy) is 2. The van der Waals surface area contributed by atoms with E-state index in [-0.39, 0.29) is 6.29 Å². The summed E-state index contributed by atoms with van der Waals surface area (Å²) in [5.41, 5.74) is 0. The van der Waals surface area contributed by atoms with Crippen molar-refractivity contribution in [3.63, 3.8) is 0 Å². The molecular formula is C12H28N2O2. The Labute approximate surface area is 101 Å². The Hall–Kier alpha value is -0.160. The van der Waals surface area contributed by atoms with Gasteiger partial charge in [-0.1, -0.05) is 0 Å². The van der Waals surface area contributed by atoms with Crippen LogP contribution in [0.25, 0.3) is 0 Å². The molecule has 0 spiro atoms. The third-order valence-electron chi connectivity index (χ3n) is 2.20. The fourth-order valence-electron chi connectivity index (χ4n) is 1.31. The van der Waals surface area contributed by atoms with Crippen LogP contribution < -0.4 is 0 Å². The molecule has 0 saturated heterocycles. The van der Waals surface area contributed by atoms with Crippen molar-refractivity contribution in [3.05, 3.63) is 0 Å². The Balaban J connectivity index is 3.21. The number of hydrogen-bond acceptors (Lipinski definition) is 4. The van der Waals surface area contributed by atoms with Crippen LogP contribution >= 0.6 is 0 Å². The maximum absolute atomic E-state index is 5.54. The van der Waals surface area contributed by atoms with Crippen molar-refractivity contribution in [1.29, 1.82) is 0 Å². The lowest BCUT2D eigenvalue weighted by atomic mass is 10.4. The zero-order valence-electron chi connectivity index (χ0n) is 11.5. The predicted molar refractivity (Wildman–Crippen MR) is 67.7 cm³/mol. The summed E-state index contributed by atoms with van der Waals surface area (Å²) in [6.45, 7) is 5.63. The lowest BCUT2D eigenvalue weighted by Gasteiger charge is -2.16. The van der Waals surface area contributed by atoms with Gasteiger partial charge in [0.25, 0.3) is 0 Å². The van der Waals surface area contributed by atoms with Gasteiger partial charge in [0.2, 0.25) is 0 Å². The van der Waals surface area contributed by atoms with Gasteiger partial charge in [-0.15, -0.1) is 0 Å². The highest BCUT2D eigenvalue weighted by molar-refractivity contribution is 4.45. The first-order valence-corrected chi connectivity index (χ1v) is 6.05. The summed E-state index contributed by atoms with van der Waals surface area (Å²) in [4.78, 5) is 4.32. The Bertz CT molecular complexity index is 136. The minimum atomic E-state index is -0.0793. The Morgan fingerprint density at radius 2 is 1.19 bits per heavy atom. The summed E-state index contributed by atoms with van der Waals surface area (Å²) in [7, 11) is 8.28. The molecule has 0 bridgehead atoms. The van der Waals surface area contributed by atoms with E-state index in [0.29, 0.717) is 0 Å². The second-order valence-electron chi connectivity index (χ2n) is 4.62. The normalized spacial score (nSPS) is 12.0. The lowest BCUT2D eigenvalue weighted by molar-refractivity contribution is -0.132. The van der Waals surface area contributed by atoms with Crippen molar-refractivity contribution in [2.75, 3.05) is 54.5 Å². The van der Waals surface area contributed by atoms with Gasteiger partial charge in [-0.3, -0.25) is 0 Å². The molecule has 0 aromatic carbocycles. The van der Waals surface area contributed by atoms with Crippen LogP contribution in [0, 0.1) is 0 Å². The Kier molecular flexibility index (Phi) is 9.92. The minimum absolute atomic E-state index is 0.0793. The molecule has 0 rings (SSSR count). The van der Waals surface area contributed by atoms with Crippen molar-refractivity contribution in [1.82, 2.24) is 9.80 Å². The molecule has 0 radical (unpaired) electrons. The first kappa shape index (κ1) is 15.8. The molecule has 4 heteroatoms. The third kappa shape index (κ3) is 11.9. The van der Waals surface area contributed by atoms with Crippen LogP contribution in [0.3, 0.4) is 0 Å². The van der Waals surface area contributed by atoms with Gasteiger partial charge in [-0.25, -0.2) is 0 Å². The molecule has 0 saturated carbocycles. The maximum atomic E-state index is 5.54. The van der Waals surface area contributed by atoms with Crippen molar-refractivity contribution >= 4 is 0 Å². The molecule has 0 heterocycles. The van der Waals surface area contributed by atoms with Crippen LogP contribution in [0.4, 0.5) is 0 Å². The van der Waals surface area contributed by atoms with Crippen LogP contribution in [0.1, 0.15) is 19.8 Å². The van der Waals surface area contributed by atoms with Crippen LogP contribution in [-0.4, -0.2) is 70.6 Å². The predicted octanol–water partition coefficient (Wildman–Crippen LogP) is 1.27. The molecule has 4 nitrogen and oxygen atoms in total. The summed E-state index contributed by atoms with van der Waals surface area (Å²) in [5, 5.41) is 0. The summed E-state index contributed by atoms with van der Waals surface area (Å²) < 4.78 is 11.1. The average molecular weight is 232 g/mol. The molecule has 0 N–H and O–H groups in total. The zero-order chi connectivity index (χ0) is 12.4. The van der Waals surface area contributed by atoms with Gasteiger partial charge in [0.05, 0.1) is 13.2 Å². The SMILES string of the molecule is CC(OCCCN(C)C)OCCCN(C)C. The molecule has 0 amide bonds. The van der Waals surface area contributed by atoms with E-state index in [1.54, 1.807) is 0 Å². The zero-order valence-corrected chi connectivity index (χ0v) is 11.5. The molecule has 98 valence electrons. The van der Waals surface area contributed by atoms with E-state index in [4.69, 9.17) is 9.47 Å². The van der Waals surface area contributed by atoms with Gasteiger partial charge in [0.1, 0.15) is 0 Å². The maximum Gasteiger partial charge on any atom is 0.154 e. The van der Waals surface area contributed by atoms with E-state index in [1.807, 2.05) is 6.92 Å². The lowest BCUT2D eigenvalue weighted by Crippen LogP contribution is -2.20. The van der Waals surface area contributed by atoms with Gasteiger partial charge in [-0.2, -0.15) is 0 Å². The topological polar surface area (TPSA) is 24.9 Å². The smallest absolute Gasteiger partial charge is 0.154 e. The molecule has 0 aliphatic heterocycles. The molecule has 0 aromatic rings. The summed E-state index contributed by atoms with van der Waals surface area (Å²) in [6.07, 6.45) is 2.03. The van der Waals surface area contributed by atoms with Crippen LogP contribution in [0.15, 0.2) is 0 Å². The molecular weight excluding hydrogens is 204 g/mol. The van der Waals surface area contributed by atoms with E-state index in [9.17, 15) is 0 Å². The largest absolute Gasteiger partial charge is 0.353 e. The highest BCUT2D eigenvalue weighted by Crippen LogP contribution is 1.97. The summed E-state index contributed by atoms with van der Waals surface area (Å²) in [5.74, 6) is 0. The number of hydrogen-bond donors (Lipinski definition) is 0. The van der Waals surface area contributed by atoms with Crippen molar-refractivity contribution < 1.29 is 9.47 Å². The van der Waals surface area contributed by atoms with E-state index >= 15 is 0 Å². The average Bonchev–Trinajstić information content (AvgIpc) is 2.19. The molecule has 16 heavy (non-hydrogen) atoms. The number of nitrogens with zero attached hydrogens (tertiary/aromatic N) is 2. The quantitative estimate of drug-likeness (QED) is 0.418. The fourth-order valence-corrected chi connectivity index (χ4v) is 1.31. The highest BCUT2D eigenvalue weighted by Gasteiger charge is 2.01. The van der Waals surface area contributed by atoms with Gasteiger partial charge in [0.15, 0.2) is 6.29 Å². The second kappa shape index (κ2) is 10.0. The molecule has 0 fully saturated rings. The first-order chi connectivity index (χ1) is 7.52. The monoisotopic (exact) mass is 232 g/mol. The molecule has 0 aromatic heterocycles. The van der Waals surface area contributed by atoms with Crippen molar-refractivity contribution in [3.8, 4) is 0 Å². The van der Waals surface area contributed by atoms with Gasteiger partial charge in [0, 0.05) is 0 Å². The van der Waals surface area contributed by atoms with E-state index in [2.05, 4.69) is 38.0 Å². The van der Waals surface area contributed by atoms with E-state index < -0.39 is 0 Å². The highest BCUT2D eigenvalue weighted by atomic mass is 16.7. The van der Waals surface area contributed by atoms with E-state index in [0.717, 1.165) is 39.1 Å². The molecule has 0 atom stereocenters. The molecule has 0 aliphatic rings. The van der Waals surface area contributed by atoms with Crippen molar-refractivity contribution in [2.45, 2.75) is 26.1 Å². The summed E-state index contributed by atoms with van der Waals surface area (Å²) >= 11 is 0. The second-order valence-corrected chi connectivity index (χ2v) is 4.62. The van der Waals surface area contributed by atoms with Gasteiger partial charge < -0.3 is 19.3 Å². The summed E-state index contributed by atoms with van der Waals surface area (Å²) in [6, 6.07) is 0. The molecule has 0 aliphatic carbocycles. The first-order valence-electron chi connectivity index (χ1n) is 6.05. The van der Waals surface area contributed by atoms with E-state index in [1.165, 1.54) is 0 Å². The standard InChI is InChI=1S/C12H28N2O2/c1-12(15-10-6-8-13(2)3)16-11-7-9-14(4)5/h12H,6-11H2,1-5H3. The minimum Gasteiger partial charge on any atom is -0.353 e. The van der Waals surface area contributed by atoms with Crippen LogP contribution in [0.2, 0.25) is 0 Å². The third-order valence-corrected chi connectivity index (χ3v) is 2.20. The number of rotatable bonds is 10. The Morgan fingerprint density at radius 3 is 1.50 bits per heavy atom. The van der Waals surface area contributed by atoms with Crippen LogP contribution in [-0.2, 0) is 9.47 Å². The van der Waals surface area contributed by atoms with Crippen molar-refractivity contribution in [2.24, 2.45) is 0 Å². The van der Waals surface area contributed by atoms with Gasteiger partial charge >= 0.3 is 0 Å².